The maximum Gasteiger partial charge on any atom is 0.258 e. The van der Waals surface area contributed by atoms with Gasteiger partial charge in [-0.3, -0.25) is 9.69 Å². The van der Waals surface area contributed by atoms with Crippen molar-refractivity contribution in [3.05, 3.63) is 59.9 Å². The lowest BCUT2D eigenvalue weighted by Gasteiger charge is -2.17. The average Bonchev–Trinajstić information content (AvgIpc) is 3.39. The van der Waals surface area contributed by atoms with E-state index in [-0.39, 0.29) is 5.91 Å². The molecule has 0 aromatic carbocycles. The molecular formula is C21H22N6O. The van der Waals surface area contributed by atoms with E-state index in [1.54, 1.807) is 18.5 Å². The number of aromatic nitrogens is 4. The largest absolute Gasteiger partial charge is 0.357 e. The summed E-state index contributed by atoms with van der Waals surface area (Å²) in [6.45, 7) is 3.04. The number of hydrogen-bond donors (Lipinski definition) is 2. The number of imidazole rings is 1. The Morgan fingerprint density at radius 1 is 1.25 bits per heavy atom. The molecule has 0 radical (unpaired) electrons. The molecule has 1 saturated heterocycles. The number of likely N-dealkylation sites (tertiary alicyclic amines) is 1. The zero-order valence-electron chi connectivity index (χ0n) is 15.9. The van der Waals surface area contributed by atoms with Crippen molar-refractivity contribution in [2.24, 2.45) is 0 Å². The number of fused-ring (bicyclic) bond motifs is 2. The van der Waals surface area contributed by atoms with Gasteiger partial charge >= 0.3 is 0 Å². The molecule has 1 atom stereocenters. The highest BCUT2D eigenvalue weighted by atomic mass is 16.1. The first-order valence-electron chi connectivity index (χ1n) is 9.52. The molecule has 1 aliphatic heterocycles. The van der Waals surface area contributed by atoms with Crippen LogP contribution in [0, 0.1) is 6.92 Å². The Balaban J connectivity index is 1.40. The molecule has 1 amide bonds. The van der Waals surface area contributed by atoms with Gasteiger partial charge in [0.25, 0.3) is 5.91 Å². The molecule has 28 heavy (non-hydrogen) atoms. The molecule has 1 fully saturated rings. The molecule has 4 aromatic heterocycles. The number of carbonyl (C=O) groups is 1. The Labute approximate surface area is 162 Å². The van der Waals surface area contributed by atoms with Crippen molar-refractivity contribution >= 4 is 28.1 Å². The molecule has 4 aromatic rings. The second-order valence-corrected chi connectivity index (χ2v) is 7.49. The molecule has 0 unspecified atom stereocenters. The average molecular weight is 374 g/mol. The standard InChI is InChI=1S/C21H22N6O/c1-13-22-11-16-6-5-14(12-27(13)16)21(28)25-20-9-17-15(10-23-20)8-18(24-17)19-4-3-7-26(19)2/h5-6,8-12,19,24H,3-4,7H2,1-2H3,(H,23,25,28)/t19-/m1/s1. The van der Waals surface area contributed by atoms with Crippen LogP contribution in [0.25, 0.3) is 16.4 Å². The summed E-state index contributed by atoms with van der Waals surface area (Å²) in [7, 11) is 2.16. The van der Waals surface area contributed by atoms with E-state index >= 15 is 0 Å². The van der Waals surface area contributed by atoms with Crippen molar-refractivity contribution in [3.8, 4) is 0 Å². The van der Waals surface area contributed by atoms with E-state index in [4.69, 9.17) is 0 Å². The molecule has 5 heterocycles. The highest BCUT2D eigenvalue weighted by Crippen LogP contribution is 2.32. The second kappa shape index (κ2) is 6.45. The second-order valence-electron chi connectivity index (χ2n) is 7.49. The number of rotatable bonds is 3. The van der Waals surface area contributed by atoms with Crippen molar-refractivity contribution in [1.29, 1.82) is 0 Å². The van der Waals surface area contributed by atoms with E-state index in [9.17, 15) is 4.79 Å². The summed E-state index contributed by atoms with van der Waals surface area (Å²) in [6.07, 6.45) is 7.78. The van der Waals surface area contributed by atoms with Gasteiger partial charge in [-0.2, -0.15) is 0 Å². The van der Waals surface area contributed by atoms with Crippen molar-refractivity contribution in [2.75, 3.05) is 18.9 Å². The van der Waals surface area contributed by atoms with Crippen LogP contribution in [0.3, 0.4) is 0 Å². The molecule has 7 heteroatoms. The van der Waals surface area contributed by atoms with Crippen LogP contribution < -0.4 is 5.32 Å². The fraction of sp³-hybridized carbons (Fsp3) is 0.286. The number of aryl methyl sites for hydroxylation is 1. The van der Waals surface area contributed by atoms with Crippen LogP contribution in [-0.4, -0.2) is 43.8 Å². The number of carbonyl (C=O) groups excluding carboxylic acids is 1. The highest BCUT2D eigenvalue weighted by molar-refractivity contribution is 6.04. The highest BCUT2D eigenvalue weighted by Gasteiger charge is 2.24. The summed E-state index contributed by atoms with van der Waals surface area (Å²) in [4.78, 5) is 27.2. The first-order chi connectivity index (χ1) is 13.6. The fourth-order valence-electron chi connectivity index (χ4n) is 4.04. The number of amides is 1. The van der Waals surface area contributed by atoms with E-state index in [0.717, 1.165) is 35.2 Å². The predicted octanol–water partition coefficient (Wildman–Crippen LogP) is 3.54. The van der Waals surface area contributed by atoms with Gasteiger partial charge in [-0.15, -0.1) is 0 Å². The minimum Gasteiger partial charge on any atom is -0.357 e. The normalized spacial score (nSPS) is 17.6. The molecule has 142 valence electrons. The van der Waals surface area contributed by atoms with Crippen molar-refractivity contribution < 1.29 is 4.79 Å². The van der Waals surface area contributed by atoms with Gasteiger partial charge in [0.2, 0.25) is 0 Å². The third kappa shape index (κ3) is 2.84. The lowest BCUT2D eigenvalue weighted by atomic mass is 10.1. The van der Waals surface area contributed by atoms with E-state index in [1.807, 2.05) is 29.7 Å². The van der Waals surface area contributed by atoms with Gasteiger partial charge in [-0.1, -0.05) is 0 Å². The third-order valence-corrected chi connectivity index (χ3v) is 5.62. The molecule has 7 nitrogen and oxygen atoms in total. The summed E-state index contributed by atoms with van der Waals surface area (Å²) in [6, 6.07) is 8.17. The van der Waals surface area contributed by atoms with Crippen molar-refractivity contribution in [1.82, 2.24) is 24.3 Å². The van der Waals surface area contributed by atoms with Crippen LogP contribution in [0.5, 0.6) is 0 Å². The van der Waals surface area contributed by atoms with E-state index in [2.05, 4.69) is 38.3 Å². The minimum atomic E-state index is -0.191. The van der Waals surface area contributed by atoms with Crippen LogP contribution >= 0.6 is 0 Å². The Kier molecular flexibility index (Phi) is 3.91. The van der Waals surface area contributed by atoms with Gasteiger partial charge in [-0.25, -0.2) is 9.97 Å². The zero-order chi connectivity index (χ0) is 19.3. The SMILES string of the molecule is Cc1ncc2ccc(C(=O)Nc3cc4[nH]c([C@H]5CCCN5C)cc4cn3)cn12. The fourth-order valence-corrected chi connectivity index (χ4v) is 4.04. The van der Waals surface area contributed by atoms with Crippen LogP contribution in [0.2, 0.25) is 0 Å². The lowest BCUT2D eigenvalue weighted by Crippen LogP contribution is -2.17. The van der Waals surface area contributed by atoms with Gasteiger partial charge in [-0.05, 0) is 51.6 Å². The number of pyridine rings is 2. The lowest BCUT2D eigenvalue weighted by molar-refractivity contribution is 0.102. The van der Waals surface area contributed by atoms with E-state index in [0.29, 0.717) is 17.4 Å². The first kappa shape index (κ1) is 16.9. The third-order valence-electron chi connectivity index (χ3n) is 5.62. The predicted molar refractivity (Wildman–Crippen MR) is 109 cm³/mol. The topological polar surface area (TPSA) is 78.3 Å². The molecule has 5 rings (SSSR count). The van der Waals surface area contributed by atoms with Crippen molar-refractivity contribution in [2.45, 2.75) is 25.8 Å². The van der Waals surface area contributed by atoms with E-state index < -0.39 is 0 Å². The smallest absolute Gasteiger partial charge is 0.258 e. The van der Waals surface area contributed by atoms with Crippen LogP contribution in [0.4, 0.5) is 5.82 Å². The maximum absolute atomic E-state index is 12.7. The van der Waals surface area contributed by atoms with Crippen LogP contribution in [0.1, 0.15) is 40.8 Å². The molecular weight excluding hydrogens is 352 g/mol. The van der Waals surface area contributed by atoms with Gasteiger partial charge < -0.3 is 14.7 Å². The van der Waals surface area contributed by atoms with Crippen LogP contribution in [0.15, 0.2) is 42.9 Å². The molecule has 1 aliphatic rings. The summed E-state index contributed by atoms with van der Waals surface area (Å²) < 4.78 is 1.90. The van der Waals surface area contributed by atoms with Crippen LogP contribution in [-0.2, 0) is 0 Å². The van der Waals surface area contributed by atoms with Gasteiger partial charge in [0.1, 0.15) is 11.6 Å². The Morgan fingerprint density at radius 3 is 2.96 bits per heavy atom. The van der Waals surface area contributed by atoms with Crippen molar-refractivity contribution in [3.63, 3.8) is 0 Å². The summed E-state index contributed by atoms with van der Waals surface area (Å²) in [5.74, 6) is 1.19. The van der Waals surface area contributed by atoms with Gasteiger partial charge in [0, 0.05) is 35.6 Å². The number of nitrogens with one attached hydrogen (secondary N) is 2. The maximum atomic E-state index is 12.7. The Hall–Kier alpha value is -3.19. The number of H-pyrrole nitrogens is 1. The van der Waals surface area contributed by atoms with Gasteiger partial charge in [0.15, 0.2) is 0 Å². The number of nitrogens with zero attached hydrogens (tertiary/aromatic N) is 4. The molecule has 0 spiro atoms. The Morgan fingerprint density at radius 2 is 2.14 bits per heavy atom. The monoisotopic (exact) mass is 374 g/mol. The van der Waals surface area contributed by atoms with E-state index in [1.165, 1.54) is 12.1 Å². The number of hydrogen-bond acceptors (Lipinski definition) is 4. The minimum absolute atomic E-state index is 0.191. The summed E-state index contributed by atoms with van der Waals surface area (Å²) in [5, 5.41) is 3.96. The summed E-state index contributed by atoms with van der Waals surface area (Å²) >= 11 is 0. The quantitative estimate of drug-likeness (QED) is 0.575. The zero-order valence-corrected chi connectivity index (χ0v) is 15.9. The first-order valence-corrected chi connectivity index (χ1v) is 9.52. The number of aromatic amines is 1. The molecule has 0 bridgehead atoms. The molecule has 2 N–H and O–H groups in total. The Bertz CT molecular complexity index is 1190. The molecule has 0 aliphatic carbocycles. The molecule has 0 saturated carbocycles. The summed E-state index contributed by atoms with van der Waals surface area (Å²) in [5.41, 5.74) is 3.72. The number of anilines is 1. The van der Waals surface area contributed by atoms with Gasteiger partial charge in [0.05, 0.1) is 22.8 Å².